The number of fused-ring (bicyclic) bond motifs is 1. The Morgan fingerprint density at radius 2 is 2.00 bits per heavy atom. The highest BCUT2D eigenvalue weighted by molar-refractivity contribution is 6.30. The zero-order valence-electron chi connectivity index (χ0n) is 16.1. The molecule has 1 fully saturated rings. The number of aromatic nitrogens is 2. The van der Waals surface area contributed by atoms with Gasteiger partial charge in [0.25, 0.3) is 5.91 Å². The first kappa shape index (κ1) is 18.7. The molecule has 1 saturated heterocycles. The Balaban J connectivity index is 1.79. The third-order valence-electron chi connectivity index (χ3n) is 5.16. The molecular weight excluding hydrogens is 372 g/mol. The van der Waals surface area contributed by atoms with Crippen molar-refractivity contribution in [1.82, 2.24) is 14.9 Å². The van der Waals surface area contributed by atoms with Gasteiger partial charge in [0.1, 0.15) is 0 Å². The number of pyridine rings is 2. The van der Waals surface area contributed by atoms with Gasteiger partial charge in [-0.15, -0.1) is 0 Å². The van der Waals surface area contributed by atoms with Gasteiger partial charge in [-0.3, -0.25) is 4.79 Å². The van der Waals surface area contributed by atoms with E-state index in [4.69, 9.17) is 11.6 Å². The number of carbonyl (C=O) groups is 1. The molecule has 4 rings (SSSR count). The molecule has 28 heavy (non-hydrogen) atoms. The van der Waals surface area contributed by atoms with E-state index in [1.807, 2.05) is 48.2 Å². The quantitative estimate of drug-likeness (QED) is 0.662. The van der Waals surface area contributed by atoms with Crippen molar-refractivity contribution in [1.29, 1.82) is 0 Å². The summed E-state index contributed by atoms with van der Waals surface area (Å²) in [4.78, 5) is 24.3. The third kappa shape index (κ3) is 3.80. The summed E-state index contributed by atoms with van der Waals surface area (Å²) in [6.45, 7) is 5.69. The van der Waals surface area contributed by atoms with Crippen LogP contribution in [0.5, 0.6) is 0 Å². The largest absolute Gasteiger partial charge is 0.354 e. The first-order valence-corrected chi connectivity index (χ1v) is 9.97. The summed E-state index contributed by atoms with van der Waals surface area (Å²) >= 11 is 6.02. The average molecular weight is 395 g/mol. The van der Waals surface area contributed by atoms with E-state index in [1.165, 1.54) is 6.42 Å². The number of benzene rings is 1. The van der Waals surface area contributed by atoms with Gasteiger partial charge in [0.15, 0.2) is 5.65 Å². The molecule has 144 valence electrons. The predicted octanol–water partition coefficient (Wildman–Crippen LogP) is 5.21. The van der Waals surface area contributed by atoms with E-state index in [9.17, 15) is 4.79 Å². The normalized spacial score (nSPS) is 17.0. The number of aryl methyl sites for hydroxylation is 1. The van der Waals surface area contributed by atoms with Gasteiger partial charge in [-0.2, -0.15) is 0 Å². The summed E-state index contributed by atoms with van der Waals surface area (Å²) in [7, 11) is 0. The van der Waals surface area contributed by atoms with E-state index < -0.39 is 0 Å². The molecule has 3 aromatic rings. The van der Waals surface area contributed by atoms with Crippen LogP contribution >= 0.6 is 11.6 Å². The lowest BCUT2D eigenvalue weighted by Gasteiger charge is -2.31. The fraction of sp³-hybridized carbons (Fsp3) is 0.318. The number of carbonyl (C=O) groups excluding carboxylic acids is 1. The Bertz CT molecular complexity index is 1020. The molecule has 1 aromatic carbocycles. The van der Waals surface area contributed by atoms with Gasteiger partial charge < -0.3 is 10.2 Å². The molecule has 1 N–H and O–H groups in total. The van der Waals surface area contributed by atoms with Crippen molar-refractivity contribution in [2.75, 3.05) is 18.4 Å². The Kier molecular flexibility index (Phi) is 5.18. The van der Waals surface area contributed by atoms with Crippen molar-refractivity contribution >= 4 is 39.9 Å². The summed E-state index contributed by atoms with van der Waals surface area (Å²) in [5.41, 5.74) is 3.69. The minimum Gasteiger partial charge on any atom is -0.354 e. The summed E-state index contributed by atoms with van der Waals surface area (Å²) in [5, 5.41) is 4.90. The van der Waals surface area contributed by atoms with Gasteiger partial charge >= 0.3 is 0 Å². The zero-order chi connectivity index (χ0) is 19.7. The Morgan fingerprint density at radius 3 is 2.75 bits per heavy atom. The fourth-order valence-corrected chi connectivity index (χ4v) is 3.82. The van der Waals surface area contributed by atoms with E-state index >= 15 is 0 Å². The number of hydrogen-bond donors (Lipinski definition) is 1. The van der Waals surface area contributed by atoms with Crippen LogP contribution in [-0.4, -0.2) is 33.9 Å². The van der Waals surface area contributed by atoms with Gasteiger partial charge in [0, 0.05) is 41.1 Å². The highest BCUT2D eigenvalue weighted by atomic mass is 35.5. The molecule has 0 radical (unpaired) electrons. The highest BCUT2D eigenvalue weighted by Crippen LogP contribution is 2.31. The topological polar surface area (TPSA) is 58.1 Å². The molecule has 5 nitrogen and oxygen atoms in total. The van der Waals surface area contributed by atoms with Crippen LogP contribution in [0.2, 0.25) is 5.02 Å². The number of nitrogens with zero attached hydrogens (tertiary/aromatic N) is 3. The van der Waals surface area contributed by atoms with Crippen LogP contribution in [-0.2, 0) is 0 Å². The third-order valence-corrected chi connectivity index (χ3v) is 5.41. The molecule has 0 bridgehead atoms. The maximum absolute atomic E-state index is 13.3. The van der Waals surface area contributed by atoms with Crippen LogP contribution < -0.4 is 5.32 Å². The van der Waals surface area contributed by atoms with Crippen LogP contribution in [0.15, 0.2) is 42.6 Å². The number of hydrogen-bond acceptors (Lipinski definition) is 4. The van der Waals surface area contributed by atoms with Crippen molar-refractivity contribution < 1.29 is 4.79 Å². The lowest BCUT2D eigenvalue weighted by Crippen LogP contribution is -2.39. The van der Waals surface area contributed by atoms with Gasteiger partial charge in [0.05, 0.1) is 11.3 Å². The summed E-state index contributed by atoms with van der Waals surface area (Å²) in [6, 6.07) is 11.3. The summed E-state index contributed by atoms with van der Waals surface area (Å²) in [5.74, 6) is 0.529. The second-order valence-corrected chi connectivity index (χ2v) is 7.94. The van der Waals surface area contributed by atoms with Gasteiger partial charge in [-0.05, 0) is 62.1 Å². The second-order valence-electron chi connectivity index (χ2n) is 7.50. The average Bonchev–Trinajstić information content (AvgIpc) is 2.69. The number of amides is 1. The highest BCUT2D eigenvalue weighted by Gasteiger charge is 2.25. The summed E-state index contributed by atoms with van der Waals surface area (Å²) in [6.07, 6.45) is 3.85. The maximum atomic E-state index is 13.3. The van der Waals surface area contributed by atoms with E-state index in [1.54, 1.807) is 6.20 Å². The molecule has 0 unspecified atom stereocenters. The van der Waals surface area contributed by atoms with Crippen LogP contribution in [0, 0.1) is 12.8 Å². The fourth-order valence-electron chi connectivity index (χ4n) is 3.69. The van der Waals surface area contributed by atoms with Crippen LogP contribution in [0.25, 0.3) is 11.0 Å². The number of piperidine rings is 1. The molecule has 2 aromatic heterocycles. The molecule has 1 aliphatic heterocycles. The Labute approximate surface area is 169 Å². The molecular formula is C22H23ClN4O. The smallest absolute Gasteiger partial charge is 0.257 e. The Hall–Kier alpha value is -2.66. The number of likely N-dealkylation sites (tertiary alicyclic amines) is 1. The van der Waals surface area contributed by atoms with Crippen LogP contribution in [0.1, 0.15) is 35.8 Å². The van der Waals surface area contributed by atoms with Crippen LogP contribution in [0.3, 0.4) is 0 Å². The minimum atomic E-state index is 0.0120. The molecule has 0 spiro atoms. The Morgan fingerprint density at radius 1 is 1.21 bits per heavy atom. The van der Waals surface area contributed by atoms with Gasteiger partial charge in [-0.1, -0.05) is 18.5 Å². The van der Waals surface area contributed by atoms with Crippen molar-refractivity contribution in [3.8, 4) is 0 Å². The number of anilines is 2. The first-order valence-electron chi connectivity index (χ1n) is 9.59. The molecule has 1 atom stereocenters. The van der Waals surface area contributed by atoms with Gasteiger partial charge in [-0.25, -0.2) is 9.97 Å². The molecule has 1 amide bonds. The number of rotatable bonds is 3. The first-order chi connectivity index (χ1) is 13.5. The minimum absolute atomic E-state index is 0.0120. The van der Waals surface area contributed by atoms with Gasteiger partial charge in [0.2, 0.25) is 0 Å². The molecule has 1 aliphatic rings. The van der Waals surface area contributed by atoms with E-state index in [0.29, 0.717) is 22.2 Å². The van der Waals surface area contributed by atoms with E-state index in [-0.39, 0.29) is 5.91 Å². The predicted molar refractivity (Wildman–Crippen MR) is 113 cm³/mol. The SMILES string of the molecule is Cc1ccc2c(Nc3ccc(Cl)cc3)c(C(=O)N3CCC[C@H](C)C3)cnc2n1. The van der Waals surface area contributed by atoms with Crippen molar-refractivity contribution in [3.63, 3.8) is 0 Å². The number of nitrogens with one attached hydrogen (secondary N) is 1. The van der Waals surface area contributed by atoms with Crippen molar-refractivity contribution in [2.24, 2.45) is 5.92 Å². The van der Waals surface area contributed by atoms with Crippen molar-refractivity contribution in [3.05, 3.63) is 58.9 Å². The van der Waals surface area contributed by atoms with E-state index in [2.05, 4.69) is 22.2 Å². The zero-order valence-corrected chi connectivity index (χ0v) is 16.8. The van der Waals surface area contributed by atoms with Crippen molar-refractivity contribution in [2.45, 2.75) is 26.7 Å². The molecule has 6 heteroatoms. The summed E-state index contributed by atoms with van der Waals surface area (Å²) < 4.78 is 0. The monoisotopic (exact) mass is 394 g/mol. The lowest BCUT2D eigenvalue weighted by molar-refractivity contribution is 0.0684. The number of halogens is 1. The standard InChI is InChI=1S/C22H23ClN4O/c1-14-4-3-11-27(13-14)22(28)19-12-24-21-18(10-5-15(2)25-21)20(19)26-17-8-6-16(23)7-9-17/h5-10,12,14H,3-4,11,13H2,1-2H3,(H,24,25,26)/t14-/m0/s1. The molecule has 0 saturated carbocycles. The van der Waals surface area contributed by atoms with Crippen LogP contribution in [0.4, 0.5) is 11.4 Å². The maximum Gasteiger partial charge on any atom is 0.257 e. The lowest BCUT2D eigenvalue weighted by atomic mass is 9.99. The van der Waals surface area contributed by atoms with E-state index in [0.717, 1.165) is 42.0 Å². The second kappa shape index (κ2) is 7.76. The molecule has 3 heterocycles. The molecule has 0 aliphatic carbocycles.